The zero-order chi connectivity index (χ0) is 20.3. The predicted octanol–water partition coefficient (Wildman–Crippen LogP) is 5.64. The van der Waals surface area contributed by atoms with E-state index in [1.807, 2.05) is 24.3 Å². The van der Waals surface area contributed by atoms with Gasteiger partial charge in [0.15, 0.2) is 5.76 Å². The molecule has 4 nitrogen and oxygen atoms in total. The summed E-state index contributed by atoms with van der Waals surface area (Å²) in [6.07, 6.45) is -3.08. The van der Waals surface area contributed by atoms with Crippen molar-refractivity contribution in [3.8, 4) is 5.75 Å². The molecule has 1 aliphatic rings. The number of alkyl halides is 3. The minimum atomic E-state index is -4.87. The van der Waals surface area contributed by atoms with E-state index in [0.717, 1.165) is 23.6 Å². The van der Waals surface area contributed by atoms with Crippen LogP contribution in [0, 0.1) is 5.92 Å². The number of ether oxygens (including phenoxy) is 3. The van der Waals surface area contributed by atoms with Crippen molar-refractivity contribution >= 4 is 12.0 Å². The highest BCUT2D eigenvalue weighted by atomic mass is 19.4. The third kappa shape index (κ3) is 4.65. The highest BCUT2D eigenvalue weighted by Gasteiger charge is 2.34. The van der Waals surface area contributed by atoms with Crippen LogP contribution < -0.4 is 4.74 Å². The Balaban J connectivity index is 1.89. The molecular weight excluding hydrogens is 373 g/mol. The topological polar surface area (TPSA) is 44.8 Å². The monoisotopic (exact) mass is 392 g/mol. The average molecular weight is 392 g/mol. The summed E-state index contributed by atoms with van der Waals surface area (Å²) in [5, 5.41) is 0. The van der Waals surface area contributed by atoms with Gasteiger partial charge in [0, 0.05) is 11.1 Å². The number of aldehydes is 1. The molecule has 0 saturated heterocycles. The van der Waals surface area contributed by atoms with Gasteiger partial charge in [0.05, 0.1) is 5.56 Å². The van der Waals surface area contributed by atoms with Crippen LogP contribution in [0.5, 0.6) is 5.75 Å². The number of halogens is 3. The van der Waals surface area contributed by atoms with Crippen molar-refractivity contribution in [2.24, 2.45) is 5.92 Å². The van der Waals surface area contributed by atoms with Crippen LogP contribution in [0.3, 0.4) is 0 Å². The van der Waals surface area contributed by atoms with Gasteiger partial charge in [0.25, 0.3) is 6.29 Å². The van der Waals surface area contributed by atoms with Crippen molar-refractivity contribution in [2.45, 2.75) is 32.9 Å². The van der Waals surface area contributed by atoms with E-state index in [-0.39, 0.29) is 16.9 Å². The second kappa shape index (κ2) is 7.96. The van der Waals surface area contributed by atoms with Crippen molar-refractivity contribution in [2.75, 3.05) is 0 Å². The van der Waals surface area contributed by atoms with Gasteiger partial charge in [-0.15, -0.1) is 13.2 Å². The van der Waals surface area contributed by atoms with E-state index >= 15 is 0 Å². The lowest BCUT2D eigenvalue weighted by Crippen LogP contribution is -2.18. The second-order valence-electron chi connectivity index (χ2n) is 6.79. The molecule has 0 spiro atoms. The summed E-state index contributed by atoms with van der Waals surface area (Å²) in [6.45, 7) is 4.17. The van der Waals surface area contributed by atoms with Gasteiger partial charge in [-0.25, -0.2) is 0 Å². The summed E-state index contributed by atoms with van der Waals surface area (Å²) in [6, 6.07) is 11.2. The maximum absolute atomic E-state index is 12.7. The molecule has 2 aromatic carbocycles. The van der Waals surface area contributed by atoms with Crippen LogP contribution in [0.1, 0.15) is 47.2 Å². The van der Waals surface area contributed by atoms with Crippen LogP contribution in [0.4, 0.5) is 13.2 Å². The minimum absolute atomic E-state index is 0.00855. The molecule has 3 rings (SSSR count). The third-order valence-corrected chi connectivity index (χ3v) is 4.10. The first-order valence-corrected chi connectivity index (χ1v) is 8.72. The minimum Gasteiger partial charge on any atom is -0.454 e. The summed E-state index contributed by atoms with van der Waals surface area (Å²) in [7, 11) is 0. The zero-order valence-corrected chi connectivity index (χ0v) is 15.3. The summed E-state index contributed by atoms with van der Waals surface area (Å²) >= 11 is 0. The molecule has 28 heavy (non-hydrogen) atoms. The van der Waals surface area contributed by atoms with Gasteiger partial charge in [-0.2, -0.15) is 0 Å². The number of hydrogen-bond acceptors (Lipinski definition) is 4. The average Bonchev–Trinajstić information content (AvgIpc) is 3.10. The van der Waals surface area contributed by atoms with Crippen LogP contribution >= 0.6 is 0 Å². The smallest absolute Gasteiger partial charge is 0.454 e. The molecule has 0 fully saturated rings. The Bertz CT molecular complexity index is 887. The Morgan fingerprint density at radius 2 is 1.93 bits per heavy atom. The molecule has 1 aliphatic heterocycles. The Morgan fingerprint density at radius 1 is 1.18 bits per heavy atom. The van der Waals surface area contributed by atoms with E-state index in [0.29, 0.717) is 12.2 Å². The van der Waals surface area contributed by atoms with Gasteiger partial charge in [-0.05, 0) is 36.1 Å². The Labute approximate surface area is 160 Å². The fourth-order valence-electron chi connectivity index (χ4n) is 2.98. The van der Waals surface area contributed by atoms with Crippen LogP contribution in [-0.4, -0.2) is 12.6 Å². The van der Waals surface area contributed by atoms with Crippen LogP contribution in [0.25, 0.3) is 5.76 Å². The van der Waals surface area contributed by atoms with E-state index in [2.05, 4.69) is 18.6 Å². The molecule has 0 saturated carbocycles. The summed E-state index contributed by atoms with van der Waals surface area (Å²) in [5.74, 6) is 0.00223. The molecule has 0 amide bonds. The van der Waals surface area contributed by atoms with Crippen molar-refractivity contribution < 1.29 is 32.2 Å². The van der Waals surface area contributed by atoms with Crippen molar-refractivity contribution in [3.05, 3.63) is 71.0 Å². The number of hydrogen-bond donors (Lipinski definition) is 0. The predicted molar refractivity (Wildman–Crippen MR) is 96.4 cm³/mol. The van der Waals surface area contributed by atoms with E-state index in [9.17, 15) is 18.0 Å². The normalized spacial score (nSPS) is 16.4. The molecule has 0 N–H and O–H groups in total. The fraction of sp³-hybridized carbons (Fsp3) is 0.286. The van der Waals surface area contributed by atoms with Crippen molar-refractivity contribution in [1.82, 2.24) is 0 Å². The molecule has 0 aliphatic carbocycles. The van der Waals surface area contributed by atoms with Gasteiger partial charge < -0.3 is 14.2 Å². The summed E-state index contributed by atoms with van der Waals surface area (Å²) in [4.78, 5) is 11.0. The quantitative estimate of drug-likeness (QED) is 0.597. The first-order valence-electron chi connectivity index (χ1n) is 8.72. The van der Waals surface area contributed by atoms with E-state index in [1.54, 1.807) is 0 Å². The van der Waals surface area contributed by atoms with Crippen molar-refractivity contribution in [1.29, 1.82) is 0 Å². The largest absolute Gasteiger partial charge is 0.573 e. The Hall–Kier alpha value is -2.96. The molecule has 1 atom stereocenters. The van der Waals surface area contributed by atoms with Crippen LogP contribution in [0.15, 0.2) is 48.7 Å². The SMILES string of the molecule is CC(C)Cc1ccccc1C1OC=C(c2cc(C=O)ccc2OC(F)(F)F)O1. The highest BCUT2D eigenvalue weighted by Crippen LogP contribution is 2.40. The molecule has 7 heteroatoms. The first-order chi connectivity index (χ1) is 13.3. The summed E-state index contributed by atoms with van der Waals surface area (Å²) in [5.41, 5.74) is 2.02. The zero-order valence-electron chi connectivity index (χ0n) is 15.3. The van der Waals surface area contributed by atoms with Gasteiger partial charge in [0.2, 0.25) is 0 Å². The maximum atomic E-state index is 12.7. The molecule has 1 heterocycles. The molecule has 148 valence electrons. The van der Waals surface area contributed by atoms with E-state index in [1.165, 1.54) is 18.4 Å². The van der Waals surface area contributed by atoms with Crippen molar-refractivity contribution in [3.63, 3.8) is 0 Å². The van der Waals surface area contributed by atoms with E-state index in [4.69, 9.17) is 9.47 Å². The molecule has 0 aromatic heterocycles. The molecule has 1 unspecified atom stereocenters. The molecular formula is C21H19F3O4. The lowest BCUT2D eigenvalue weighted by molar-refractivity contribution is -0.274. The molecule has 2 aromatic rings. The Morgan fingerprint density at radius 3 is 2.61 bits per heavy atom. The maximum Gasteiger partial charge on any atom is 0.573 e. The van der Waals surface area contributed by atoms with Gasteiger partial charge >= 0.3 is 6.36 Å². The number of carbonyl (C=O) groups is 1. The summed E-state index contributed by atoms with van der Waals surface area (Å²) < 4.78 is 53.6. The lowest BCUT2D eigenvalue weighted by atomic mass is 9.98. The van der Waals surface area contributed by atoms with Crippen LogP contribution in [-0.2, 0) is 15.9 Å². The standard InChI is InChI=1S/C21H19F3O4/c1-13(2)9-15-5-3-4-6-16(15)20-26-12-19(27-20)17-10-14(11-25)7-8-18(17)28-21(22,23)24/h3-8,10-13,20H,9H2,1-2H3. The number of rotatable bonds is 6. The van der Waals surface area contributed by atoms with Crippen LogP contribution in [0.2, 0.25) is 0 Å². The lowest BCUT2D eigenvalue weighted by Gasteiger charge is -2.18. The third-order valence-electron chi connectivity index (χ3n) is 4.10. The van der Waals surface area contributed by atoms with Gasteiger partial charge in [-0.3, -0.25) is 4.79 Å². The fourth-order valence-corrected chi connectivity index (χ4v) is 2.98. The number of benzene rings is 2. The number of carbonyl (C=O) groups excluding carboxylic acids is 1. The molecule has 0 radical (unpaired) electrons. The highest BCUT2D eigenvalue weighted by molar-refractivity contribution is 5.79. The van der Waals surface area contributed by atoms with E-state index < -0.39 is 18.4 Å². The van der Waals surface area contributed by atoms with Gasteiger partial charge in [-0.1, -0.05) is 38.1 Å². The van der Waals surface area contributed by atoms with Gasteiger partial charge in [0.1, 0.15) is 18.3 Å². The second-order valence-corrected chi connectivity index (χ2v) is 6.79. The first kappa shape index (κ1) is 19.8. The Kier molecular flexibility index (Phi) is 5.63. The molecule has 0 bridgehead atoms.